The third-order valence-corrected chi connectivity index (χ3v) is 4.72. The molecule has 0 radical (unpaired) electrons. The van der Waals surface area contributed by atoms with E-state index in [0.717, 1.165) is 11.3 Å². The van der Waals surface area contributed by atoms with Crippen molar-refractivity contribution in [2.75, 3.05) is 11.1 Å². The number of carbonyl (C=O) groups excluding carboxylic acids is 2. The van der Waals surface area contributed by atoms with Gasteiger partial charge in [-0.05, 0) is 6.92 Å². The highest BCUT2D eigenvalue weighted by Gasteiger charge is 2.40. The van der Waals surface area contributed by atoms with E-state index in [4.69, 9.17) is 5.11 Å². The third-order valence-electron chi connectivity index (χ3n) is 2.75. The fraction of sp³-hybridized carbons (Fsp3) is 0.455. The van der Waals surface area contributed by atoms with Gasteiger partial charge in [0.1, 0.15) is 11.7 Å². The number of thiazole rings is 1. The zero-order valence-corrected chi connectivity index (χ0v) is 12.5. The minimum atomic E-state index is -1.02. The lowest BCUT2D eigenvalue weighted by atomic mass is 10.2. The highest BCUT2D eigenvalue weighted by atomic mass is 32.2. The maximum absolute atomic E-state index is 12.4. The Morgan fingerprint density at radius 3 is 2.80 bits per heavy atom. The Hall–Kier alpha value is -1.61. The molecule has 1 aromatic rings. The summed E-state index contributed by atoms with van der Waals surface area (Å²) in [7, 11) is 0. The zero-order chi connectivity index (χ0) is 14.9. The fourth-order valence-electron chi connectivity index (χ4n) is 1.85. The number of rotatable bonds is 3. The molecule has 0 spiro atoms. The molecule has 2 atom stereocenters. The van der Waals surface area contributed by atoms with E-state index >= 15 is 0 Å². The largest absolute Gasteiger partial charge is 0.480 e. The molecular weight excluding hydrogens is 302 g/mol. The number of amides is 2. The number of aliphatic carboxylic acids is 1. The maximum Gasteiger partial charge on any atom is 0.327 e. The second-order valence-electron chi connectivity index (χ2n) is 4.22. The summed E-state index contributed by atoms with van der Waals surface area (Å²) < 4.78 is 0. The Morgan fingerprint density at radius 1 is 1.50 bits per heavy atom. The van der Waals surface area contributed by atoms with E-state index < -0.39 is 17.9 Å². The smallest absolute Gasteiger partial charge is 0.327 e. The van der Waals surface area contributed by atoms with Gasteiger partial charge in [0.15, 0.2) is 5.13 Å². The van der Waals surface area contributed by atoms with E-state index in [2.05, 4.69) is 10.3 Å². The number of hydrogen-bond acceptors (Lipinski definition) is 6. The van der Waals surface area contributed by atoms with Crippen LogP contribution >= 0.6 is 23.1 Å². The molecule has 2 rings (SSSR count). The number of anilines is 1. The van der Waals surface area contributed by atoms with E-state index in [1.54, 1.807) is 6.92 Å². The normalized spacial score (nSPS) is 21.8. The van der Waals surface area contributed by atoms with Crippen LogP contribution < -0.4 is 5.32 Å². The third kappa shape index (κ3) is 2.93. The summed E-state index contributed by atoms with van der Waals surface area (Å²) in [6.07, 6.45) is 0. The Balaban J connectivity index is 2.19. The molecule has 1 aromatic heterocycles. The molecular formula is C11H13N3O4S2. The number of carboxylic acid groups (broad SMARTS) is 1. The first-order chi connectivity index (χ1) is 9.40. The number of carboxylic acids is 1. The van der Waals surface area contributed by atoms with Crippen LogP contribution in [-0.2, 0) is 9.59 Å². The quantitative estimate of drug-likeness (QED) is 0.866. The number of nitrogens with one attached hydrogen (secondary N) is 1. The molecule has 9 heteroatoms. The Kier molecular flexibility index (Phi) is 4.29. The first-order valence-corrected chi connectivity index (χ1v) is 7.73. The minimum absolute atomic E-state index is 0.152. The summed E-state index contributed by atoms with van der Waals surface area (Å²) in [4.78, 5) is 39.8. The molecule has 2 N–H and O–H groups in total. The lowest BCUT2D eigenvalue weighted by molar-refractivity contribution is -0.141. The molecule has 7 nitrogen and oxygen atoms in total. The number of nitrogens with zero attached hydrogens (tertiary/aromatic N) is 2. The molecule has 0 bridgehead atoms. The van der Waals surface area contributed by atoms with Gasteiger partial charge in [-0.2, -0.15) is 0 Å². The number of aromatic nitrogens is 1. The number of thioether (sulfide) groups is 1. The molecule has 0 aromatic carbocycles. The van der Waals surface area contributed by atoms with Crippen molar-refractivity contribution in [3.05, 3.63) is 11.1 Å². The second-order valence-corrected chi connectivity index (χ2v) is 6.43. The molecule has 0 saturated carbocycles. The fourth-order valence-corrected chi connectivity index (χ4v) is 3.75. The van der Waals surface area contributed by atoms with E-state index in [1.165, 1.54) is 29.0 Å². The van der Waals surface area contributed by atoms with Gasteiger partial charge in [0.2, 0.25) is 5.91 Å². The standard InChI is InChI=1S/C11H13N3O4S2/c1-5(15)12-11-13-7(3-20-11)9(16)14-6(2)19-4-8(14)10(17)18/h3,6,8H,4H2,1-2H3,(H,17,18)(H,12,13,15). The molecule has 1 saturated heterocycles. The van der Waals surface area contributed by atoms with E-state index in [1.807, 2.05) is 0 Å². The highest BCUT2D eigenvalue weighted by Crippen LogP contribution is 2.30. The van der Waals surface area contributed by atoms with Crippen molar-refractivity contribution >= 4 is 46.0 Å². The zero-order valence-electron chi connectivity index (χ0n) is 10.8. The van der Waals surface area contributed by atoms with Crippen molar-refractivity contribution in [3.8, 4) is 0 Å². The topological polar surface area (TPSA) is 99.6 Å². The van der Waals surface area contributed by atoms with Gasteiger partial charge in [-0.15, -0.1) is 23.1 Å². The molecule has 2 amide bonds. The van der Waals surface area contributed by atoms with Crippen molar-refractivity contribution in [2.45, 2.75) is 25.3 Å². The maximum atomic E-state index is 12.4. The SMILES string of the molecule is CC(=O)Nc1nc(C(=O)N2C(C)SCC2C(=O)O)cs1. The summed E-state index contributed by atoms with van der Waals surface area (Å²) >= 11 is 2.54. The van der Waals surface area contributed by atoms with Crippen LogP contribution in [0.2, 0.25) is 0 Å². The molecule has 1 aliphatic heterocycles. The van der Waals surface area contributed by atoms with E-state index in [-0.39, 0.29) is 17.0 Å². The summed E-state index contributed by atoms with van der Waals surface area (Å²) in [6, 6.07) is -0.839. The summed E-state index contributed by atoms with van der Waals surface area (Å²) in [5.41, 5.74) is 0.152. The average molecular weight is 315 g/mol. The van der Waals surface area contributed by atoms with Crippen LogP contribution in [0.3, 0.4) is 0 Å². The van der Waals surface area contributed by atoms with Gasteiger partial charge in [0, 0.05) is 18.1 Å². The van der Waals surface area contributed by atoms with Crippen LogP contribution in [0.4, 0.5) is 5.13 Å². The Bertz CT molecular complexity index is 560. The Morgan fingerprint density at radius 2 is 2.20 bits per heavy atom. The van der Waals surface area contributed by atoms with Crippen LogP contribution in [0.5, 0.6) is 0 Å². The number of carbonyl (C=O) groups is 3. The van der Waals surface area contributed by atoms with Crippen LogP contribution in [0.15, 0.2) is 5.38 Å². The second kappa shape index (κ2) is 5.80. The van der Waals surface area contributed by atoms with Crippen molar-refractivity contribution in [1.82, 2.24) is 9.88 Å². The highest BCUT2D eigenvalue weighted by molar-refractivity contribution is 8.00. The molecule has 2 unspecified atom stereocenters. The summed E-state index contributed by atoms with van der Waals surface area (Å²) in [5.74, 6) is -1.35. The molecule has 2 heterocycles. The van der Waals surface area contributed by atoms with Gasteiger partial charge >= 0.3 is 5.97 Å². The van der Waals surface area contributed by atoms with Crippen LogP contribution in [-0.4, -0.2) is 49.9 Å². The summed E-state index contributed by atoms with van der Waals surface area (Å²) in [5, 5.41) is 13.3. The number of hydrogen-bond donors (Lipinski definition) is 2. The van der Waals surface area contributed by atoms with Crippen LogP contribution in [0.25, 0.3) is 0 Å². The van der Waals surface area contributed by atoms with E-state index in [0.29, 0.717) is 10.9 Å². The molecule has 1 aliphatic rings. The lowest BCUT2D eigenvalue weighted by Crippen LogP contribution is -2.44. The average Bonchev–Trinajstić information content (AvgIpc) is 2.94. The van der Waals surface area contributed by atoms with E-state index in [9.17, 15) is 14.4 Å². The van der Waals surface area contributed by atoms with Gasteiger partial charge in [-0.3, -0.25) is 9.59 Å². The first kappa shape index (κ1) is 14.8. The van der Waals surface area contributed by atoms with Crippen molar-refractivity contribution in [2.24, 2.45) is 0 Å². The summed E-state index contributed by atoms with van der Waals surface area (Å²) in [6.45, 7) is 3.13. The Labute approximate surface area is 123 Å². The van der Waals surface area contributed by atoms with Gasteiger partial charge in [-0.1, -0.05) is 0 Å². The van der Waals surface area contributed by atoms with Gasteiger partial charge in [0.05, 0.1) is 5.37 Å². The predicted molar refractivity (Wildman–Crippen MR) is 75.9 cm³/mol. The van der Waals surface area contributed by atoms with Crippen LogP contribution in [0, 0.1) is 0 Å². The molecule has 20 heavy (non-hydrogen) atoms. The van der Waals surface area contributed by atoms with Gasteiger partial charge in [-0.25, -0.2) is 9.78 Å². The van der Waals surface area contributed by atoms with Crippen molar-refractivity contribution in [1.29, 1.82) is 0 Å². The van der Waals surface area contributed by atoms with Crippen molar-refractivity contribution in [3.63, 3.8) is 0 Å². The molecule has 108 valence electrons. The predicted octanol–water partition coefficient (Wildman–Crippen LogP) is 1.09. The monoisotopic (exact) mass is 315 g/mol. The van der Waals surface area contributed by atoms with Crippen molar-refractivity contribution < 1.29 is 19.5 Å². The van der Waals surface area contributed by atoms with Crippen LogP contribution in [0.1, 0.15) is 24.3 Å². The van der Waals surface area contributed by atoms with Gasteiger partial charge < -0.3 is 15.3 Å². The lowest BCUT2D eigenvalue weighted by Gasteiger charge is -2.23. The first-order valence-electron chi connectivity index (χ1n) is 5.80. The van der Waals surface area contributed by atoms with Gasteiger partial charge in [0.25, 0.3) is 5.91 Å². The minimum Gasteiger partial charge on any atom is -0.480 e. The molecule has 1 fully saturated rings. The molecule has 0 aliphatic carbocycles.